The Morgan fingerprint density at radius 3 is 2.74 bits per heavy atom. The standard InChI is InChI=1S/C14H14N3O2/c1-12(18)17-8-7-16(11-17)10-13-2-4-14(5-3-13)19-9-6-15/h2-5,7-8,11H,9-10H2,1H3/q+1. The zero-order valence-electron chi connectivity index (χ0n) is 10.6. The van der Waals surface area contributed by atoms with Gasteiger partial charge in [0, 0.05) is 6.92 Å². The predicted octanol–water partition coefficient (Wildman–Crippen LogP) is 1.39. The van der Waals surface area contributed by atoms with Gasteiger partial charge >= 0.3 is 5.91 Å². The van der Waals surface area contributed by atoms with E-state index in [2.05, 4.69) is 0 Å². The largest absolute Gasteiger partial charge is 0.479 e. The second-order valence-electron chi connectivity index (χ2n) is 4.10. The van der Waals surface area contributed by atoms with Crippen LogP contribution >= 0.6 is 0 Å². The third-order valence-electron chi connectivity index (χ3n) is 2.65. The van der Waals surface area contributed by atoms with Crippen LogP contribution in [0.4, 0.5) is 0 Å². The summed E-state index contributed by atoms with van der Waals surface area (Å²) in [5, 5.41) is 8.42. The first-order valence-electron chi connectivity index (χ1n) is 5.85. The molecule has 0 spiro atoms. The van der Waals surface area contributed by atoms with Crippen LogP contribution in [0.1, 0.15) is 17.3 Å². The molecule has 1 heterocycles. The number of carbonyl (C=O) groups is 1. The first-order chi connectivity index (χ1) is 9.19. The average Bonchev–Trinajstić information content (AvgIpc) is 2.87. The molecule has 0 aliphatic rings. The van der Waals surface area contributed by atoms with Crippen LogP contribution in [0.3, 0.4) is 0 Å². The van der Waals surface area contributed by atoms with E-state index in [0.29, 0.717) is 12.3 Å². The van der Waals surface area contributed by atoms with Crippen molar-refractivity contribution in [2.45, 2.75) is 13.5 Å². The summed E-state index contributed by atoms with van der Waals surface area (Å²) in [5.74, 6) is 0.663. The molecule has 0 unspecified atom stereocenters. The fourth-order valence-electron chi connectivity index (χ4n) is 1.69. The first-order valence-corrected chi connectivity index (χ1v) is 5.85. The second-order valence-corrected chi connectivity index (χ2v) is 4.10. The van der Waals surface area contributed by atoms with Gasteiger partial charge in [0.15, 0.2) is 6.61 Å². The lowest BCUT2D eigenvalue weighted by Crippen LogP contribution is -2.31. The molecule has 0 atom stereocenters. The Hall–Kier alpha value is -2.61. The highest BCUT2D eigenvalue weighted by Crippen LogP contribution is 2.11. The molecule has 2 rings (SSSR count). The van der Waals surface area contributed by atoms with E-state index in [1.54, 1.807) is 12.5 Å². The minimum atomic E-state index is -0.0148. The molecule has 0 saturated heterocycles. The third-order valence-corrected chi connectivity index (χ3v) is 2.65. The molecule has 5 heteroatoms. The van der Waals surface area contributed by atoms with Crippen molar-refractivity contribution in [3.8, 4) is 11.8 Å². The molecule has 1 aromatic heterocycles. The van der Waals surface area contributed by atoms with Crippen molar-refractivity contribution in [3.05, 3.63) is 48.5 Å². The van der Waals surface area contributed by atoms with Crippen LogP contribution in [-0.4, -0.2) is 17.1 Å². The number of aromatic nitrogens is 2. The molecule has 2 aromatic rings. The Bertz CT molecular complexity index is 608. The fraction of sp³-hybridized carbons (Fsp3) is 0.214. The van der Waals surface area contributed by atoms with Crippen LogP contribution in [0.2, 0.25) is 0 Å². The highest BCUT2D eigenvalue weighted by Gasteiger charge is 2.07. The van der Waals surface area contributed by atoms with Crippen molar-refractivity contribution in [2.75, 3.05) is 6.61 Å². The summed E-state index contributed by atoms with van der Waals surface area (Å²) in [4.78, 5) is 11.2. The molecule has 0 aliphatic carbocycles. The molecule has 19 heavy (non-hydrogen) atoms. The maximum absolute atomic E-state index is 11.2. The Kier molecular flexibility index (Phi) is 3.94. The van der Waals surface area contributed by atoms with Gasteiger partial charge in [-0.1, -0.05) is 12.1 Å². The number of carbonyl (C=O) groups excluding carboxylic acids is 1. The van der Waals surface area contributed by atoms with E-state index in [-0.39, 0.29) is 12.5 Å². The van der Waals surface area contributed by atoms with E-state index in [1.807, 2.05) is 41.1 Å². The van der Waals surface area contributed by atoms with Crippen LogP contribution in [0.25, 0.3) is 0 Å². The number of rotatable bonds is 4. The molecule has 0 aliphatic heterocycles. The zero-order chi connectivity index (χ0) is 13.7. The Morgan fingerprint density at radius 2 is 2.16 bits per heavy atom. The molecular formula is C14H14N3O2+. The molecule has 1 aromatic carbocycles. The molecular weight excluding hydrogens is 242 g/mol. The van der Waals surface area contributed by atoms with Gasteiger partial charge < -0.3 is 4.74 Å². The van der Waals surface area contributed by atoms with Crippen molar-refractivity contribution in [3.63, 3.8) is 0 Å². The summed E-state index contributed by atoms with van der Waals surface area (Å²) >= 11 is 0. The lowest BCUT2D eigenvalue weighted by Gasteiger charge is -2.02. The van der Waals surface area contributed by atoms with Crippen molar-refractivity contribution in [1.82, 2.24) is 4.57 Å². The number of nitrogens with zero attached hydrogens (tertiary/aromatic N) is 3. The molecule has 0 N–H and O–H groups in total. The van der Waals surface area contributed by atoms with Crippen molar-refractivity contribution in [2.24, 2.45) is 0 Å². The molecule has 0 saturated carbocycles. The van der Waals surface area contributed by atoms with E-state index in [9.17, 15) is 4.79 Å². The lowest BCUT2D eigenvalue weighted by atomic mass is 10.2. The number of ether oxygens (including phenoxy) is 1. The first kappa shape index (κ1) is 12.8. The molecule has 5 nitrogen and oxygen atoms in total. The van der Waals surface area contributed by atoms with Crippen LogP contribution in [0, 0.1) is 11.3 Å². The molecule has 0 radical (unpaired) electrons. The summed E-state index contributed by atoms with van der Waals surface area (Å²) in [6.07, 6.45) is 5.33. The highest BCUT2D eigenvalue weighted by molar-refractivity contribution is 5.75. The number of benzene rings is 1. The zero-order valence-corrected chi connectivity index (χ0v) is 10.6. The van der Waals surface area contributed by atoms with Gasteiger partial charge in [-0.3, -0.25) is 0 Å². The van der Waals surface area contributed by atoms with E-state index in [1.165, 1.54) is 11.5 Å². The summed E-state index contributed by atoms with van der Waals surface area (Å²) in [6, 6.07) is 9.45. The maximum atomic E-state index is 11.2. The minimum Gasteiger partial charge on any atom is -0.479 e. The molecule has 0 fully saturated rings. The van der Waals surface area contributed by atoms with Gasteiger partial charge in [-0.05, 0) is 17.7 Å². The Labute approximate surface area is 111 Å². The fourth-order valence-corrected chi connectivity index (χ4v) is 1.69. The number of nitriles is 1. The predicted molar refractivity (Wildman–Crippen MR) is 67.6 cm³/mol. The van der Waals surface area contributed by atoms with E-state index in [0.717, 1.165) is 5.56 Å². The second kappa shape index (κ2) is 5.83. The highest BCUT2D eigenvalue weighted by atomic mass is 16.5. The van der Waals surface area contributed by atoms with Crippen molar-refractivity contribution >= 4 is 5.91 Å². The van der Waals surface area contributed by atoms with E-state index in [4.69, 9.17) is 10.00 Å². The molecule has 0 bridgehead atoms. The maximum Gasteiger partial charge on any atom is 0.310 e. The van der Waals surface area contributed by atoms with Gasteiger partial charge in [0.05, 0.1) is 0 Å². The SMILES string of the molecule is CC(=O)n1cc[n+](Cc2ccc(OCC#N)cc2)c1. The van der Waals surface area contributed by atoms with Crippen LogP contribution in [-0.2, 0) is 6.54 Å². The summed E-state index contributed by atoms with van der Waals surface area (Å²) in [6.45, 7) is 2.25. The number of hydrogen-bond donors (Lipinski definition) is 0. The van der Waals surface area contributed by atoms with E-state index < -0.39 is 0 Å². The topological polar surface area (TPSA) is 58.9 Å². The molecule has 0 amide bonds. The third kappa shape index (κ3) is 3.42. The van der Waals surface area contributed by atoms with Crippen molar-refractivity contribution in [1.29, 1.82) is 5.26 Å². The summed E-state index contributed by atoms with van der Waals surface area (Å²) < 4.78 is 8.63. The van der Waals surface area contributed by atoms with Gasteiger partial charge in [0.1, 0.15) is 30.8 Å². The number of hydrogen-bond acceptors (Lipinski definition) is 3. The van der Waals surface area contributed by atoms with Gasteiger partial charge in [-0.2, -0.15) is 9.83 Å². The van der Waals surface area contributed by atoms with Gasteiger partial charge in [0.25, 0.3) is 6.33 Å². The average molecular weight is 256 g/mol. The Balaban J connectivity index is 2.02. The van der Waals surface area contributed by atoms with Gasteiger partial charge in [-0.15, -0.1) is 0 Å². The van der Waals surface area contributed by atoms with Crippen LogP contribution in [0.15, 0.2) is 43.0 Å². The summed E-state index contributed by atoms with van der Waals surface area (Å²) in [7, 11) is 0. The molecule has 96 valence electrons. The minimum absolute atomic E-state index is 0.0148. The van der Waals surface area contributed by atoms with E-state index >= 15 is 0 Å². The Morgan fingerprint density at radius 1 is 1.42 bits per heavy atom. The van der Waals surface area contributed by atoms with Gasteiger partial charge in [0.2, 0.25) is 0 Å². The van der Waals surface area contributed by atoms with Crippen LogP contribution < -0.4 is 9.30 Å². The normalized spacial score (nSPS) is 9.89. The quantitative estimate of drug-likeness (QED) is 0.777. The number of imidazole rings is 1. The monoisotopic (exact) mass is 256 g/mol. The summed E-state index contributed by atoms with van der Waals surface area (Å²) in [5.41, 5.74) is 1.09. The smallest absolute Gasteiger partial charge is 0.310 e. The lowest BCUT2D eigenvalue weighted by molar-refractivity contribution is -0.687. The van der Waals surface area contributed by atoms with Crippen molar-refractivity contribution < 1.29 is 14.1 Å². The van der Waals surface area contributed by atoms with Crippen LogP contribution in [0.5, 0.6) is 5.75 Å². The van der Waals surface area contributed by atoms with Gasteiger partial charge in [-0.25, -0.2) is 9.36 Å².